The maximum Gasteiger partial charge on any atom is 0.225 e. The van der Waals surface area contributed by atoms with E-state index in [4.69, 9.17) is 0 Å². The summed E-state index contributed by atoms with van der Waals surface area (Å²) in [6.07, 6.45) is 4.30. The average molecular weight is 302 g/mol. The summed E-state index contributed by atoms with van der Waals surface area (Å²) in [6, 6.07) is 5.82. The first-order valence-electron chi connectivity index (χ1n) is 7.39. The van der Waals surface area contributed by atoms with Gasteiger partial charge in [0.15, 0.2) is 0 Å². The Labute approximate surface area is 128 Å². The number of hydrogen-bond donors (Lipinski definition) is 2. The Morgan fingerprint density at radius 2 is 2.41 bits per heavy atom. The van der Waals surface area contributed by atoms with Gasteiger partial charge in [0.1, 0.15) is 17.7 Å². The third kappa shape index (κ3) is 3.01. The fourth-order valence-electron chi connectivity index (χ4n) is 2.78. The van der Waals surface area contributed by atoms with Gasteiger partial charge in [0.05, 0.1) is 5.92 Å². The molecule has 0 aliphatic carbocycles. The minimum absolute atomic E-state index is 0.0257. The fraction of sp³-hybridized carbons (Fsp3) is 0.375. The number of aromatic nitrogens is 2. The van der Waals surface area contributed by atoms with Crippen LogP contribution in [0.1, 0.15) is 23.9 Å². The van der Waals surface area contributed by atoms with Crippen LogP contribution in [0.25, 0.3) is 0 Å². The molecule has 0 bridgehead atoms. The molecule has 1 saturated heterocycles. The molecule has 1 aromatic heterocycles. The smallest absolute Gasteiger partial charge is 0.225 e. The van der Waals surface area contributed by atoms with Gasteiger partial charge in [-0.3, -0.25) is 4.79 Å². The summed E-state index contributed by atoms with van der Waals surface area (Å²) < 4.78 is 15.4. The van der Waals surface area contributed by atoms with Crippen LogP contribution in [0, 0.1) is 11.7 Å². The highest BCUT2D eigenvalue weighted by molar-refractivity contribution is 5.80. The third-order valence-corrected chi connectivity index (χ3v) is 4.02. The van der Waals surface area contributed by atoms with E-state index in [9.17, 15) is 9.18 Å². The van der Waals surface area contributed by atoms with E-state index in [1.807, 2.05) is 17.8 Å². The van der Waals surface area contributed by atoms with Crippen molar-refractivity contribution in [1.29, 1.82) is 0 Å². The highest BCUT2D eigenvalue weighted by Crippen LogP contribution is 2.22. The summed E-state index contributed by atoms with van der Waals surface area (Å²) in [5, 5.41) is 6.20. The van der Waals surface area contributed by atoms with Gasteiger partial charge in [-0.25, -0.2) is 9.37 Å². The summed E-state index contributed by atoms with van der Waals surface area (Å²) in [4.78, 5) is 16.8. The van der Waals surface area contributed by atoms with E-state index in [-0.39, 0.29) is 17.6 Å². The number of aryl methyl sites for hydroxylation is 1. The molecule has 1 aromatic carbocycles. The van der Waals surface area contributed by atoms with Gasteiger partial charge in [0.25, 0.3) is 0 Å². The molecule has 2 unspecified atom stereocenters. The van der Waals surface area contributed by atoms with Gasteiger partial charge in [-0.05, 0) is 30.7 Å². The predicted molar refractivity (Wildman–Crippen MR) is 80.6 cm³/mol. The largest absolute Gasteiger partial charge is 0.342 e. The number of carbonyl (C=O) groups excluding carboxylic acids is 1. The van der Waals surface area contributed by atoms with Crippen LogP contribution in [0.2, 0.25) is 0 Å². The molecule has 22 heavy (non-hydrogen) atoms. The van der Waals surface area contributed by atoms with Gasteiger partial charge in [-0.2, -0.15) is 0 Å². The molecule has 2 atom stereocenters. The first-order chi connectivity index (χ1) is 10.6. The average Bonchev–Trinajstić information content (AvgIpc) is 3.16. The molecule has 3 rings (SSSR count). The second-order valence-electron chi connectivity index (χ2n) is 5.58. The van der Waals surface area contributed by atoms with Crippen molar-refractivity contribution in [2.24, 2.45) is 13.0 Å². The number of nitrogens with zero attached hydrogens (tertiary/aromatic N) is 2. The van der Waals surface area contributed by atoms with Crippen molar-refractivity contribution in [2.45, 2.75) is 12.5 Å². The first kappa shape index (κ1) is 14.7. The summed E-state index contributed by atoms with van der Waals surface area (Å²) in [5.41, 5.74) is 0.689. The van der Waals surface area contributed by atoms with Crippen molar-refractivity contribution in [3.8, 4) is 0 Å². The first-order valence-corrected chi connectivity index (χ1v) is 7.39. The maximum absolute atomic E-state index is 13.6. The quantitative estimate of drug-likeness (QED) is 0.897. The van der Waals surface area contributed by atoms with Gasteiger partial charge >= 0.3 is 0 Å². The molecule has 1 amide bonds. The lowest BCUT2D eigenvalue weighted by molar-refractivity contribution is -0.125. The van der Waals surface area contributed by atoms with Gasteiger partial charge in [0, 0.05) is 26.0 Å². The van der Waals surface area contributed by atoms with Gasteiger partial charge < -0.3 is 15.2 Å². The van der Waals surface area contributed by atoms with E-state index in [0.717, 1.165) is 13.0 Å². The van der Waals surface area contributed by atoms with E-state index in [1.54, 1.807) is 18.3 Å². The van der Waals surface area contributed by atoms with Crippen molar-refractivity contribution >= 4 is 5.91 Å². The number of rotatable bonds is 4. The zero-order chi connectivity index (χ0) is 15.5. The third-order valence-electron chi connectivity index (χ3n) is 4.02. The zero-order valence-electron chi connectivity index (χ0n) is 12.4. The van der Waals surface area contributed by atoms with Crippen molar-refractivity contribution < 1.29 is 9.18 Å². The van der Waals surface area contributed by atoms with Crippen LogP contribution in [0.3, 0.4) is 0 Å². The van der Waals surface area contributed by atoms with E-state index in [1.165, 1.54) is 12.1 Å². The van der Waals surface area contributed by atoms with Crippen molar-refractivity contribution in [3.63, 3.8) is 0 Å². The topological polar surface area (TPSA) is 59.0 Å². The molecular weight excluding hydrogens is 283 g/mol. The summed E-state index contributed by atoms with van der Waals surface area (Å²) in [7, 11) is 1.86. The summed E-state index contributed by atoms with van der Waals surface area (Å²) in [5.74, 6) is 0.289. The van der Waals surface area contributed by atoms with Crippen molar-refractivity contribution in [3.05, 3.63) is 53.9 Å². The number of halogens is 1. The lowest BCUT2D eigenvalue weighted by Gasteiger charge is -2.21. The summed E-state index contributed by atoms with van der Waals surface area (Å²) >= 11 is 0. The molecule has 2 aromatic rings. The Kier molecular flexibility index (Phi) is 4.20. The molecule has 1 aliphatic rings. The molecule has 5 nitrogen and oxygen atoms in total. The predicted octanol–water partition coefficient (Wildman–Crippen LogP) is 1.37. The lowest BCUT2D eigenvalue weighted by Crippen LogP contribution is -2.36. The molecule has 116 valence electrons. The minimum atomic E-state index is -0.455. The maximum atomic E-state index is 13.6. The van der Waals surface area contributed by atoms with Crippen LogP contribution in [-0.2, 0) is 11.8 Å². The highest BCUT2D eigenvalue weighted by Gasteiger charge is 2.27. The Balaban J connectivity index is 1.89. The van der Waals surface area contributed by atoms with E-state index < -0.39 is 6.04 Å². The second kappa shape index (κ2) is 6.27. The number of nitrogens with one attached hydrogen (secondary N) is 2. The normalized spacial score (nSPS) is 19.1. The van der Waals surface area contributed by atoms with Crippen LogP contribution < -0.4 is 10.6 Å². The number of hydrogen-bond acceptors (Lipinski definition) is 3. The number of imidazole rings is 1. The van der Waals surface area contributed by atoms with Crippen LogP contribution in [0.4, 0.5) is 4.39 Å². The molecule has 0 radical (unpaired) electrons. The second-order valence-corrected chi connectivity index (χ2v) is 5.58. The monoisotopic (exact) mass is 302 g/mol. The molecular formula is C16H19FN4O. The molecule has 6 heteroatoms. The van der Waals surface area contributed by atoms with Crippen LogP contribution in [0.5, 0.6) is 0 Å². The van der Waals surface area contributed by atoms with E-state index >= 15 is 0 Å². The molecule has 2 heterocycles. The van der Waals surface area contributed by atoms with Gasteiger partial charge in [-0.1, -0.05) is 12.1 Å². The van der Waals surface area contributed by atoms with Gasteiger partial charge in [0.2, 0.25) is 5.91 Å². The Morgan fingerprint density at radius 3 is 3.05 bits per heavy atom. The molecule has 0 spiro atoms. The van der Waals surface area contributed by atoms with Crippen LogP contribution in [-0.4, -0.2) is 28.5 Å². The fourth-order valence-corrected chi connectivity index (χ4v) is 2.78. The molecule has 1 fully saturated rings. The number of carbonyl (C=O) groups is 1. The van der Waals surface area contributed by atoms with E-state index in [0.29, 0.717) is 17.9 Å². The van der Waals surface area contributed by atoms with Crippen molar-refractivity contribution in [1.82, 2.24) is 20.2 Å². The zero-order valence-corrected chi connectivity index (χ0v) is 12.4. The van der Waals surface area contributed by atoms with E-state index in [2.05, 4.69) is 15.6 Å². The standard InChI is InChI=1S/C16H19FN4O/c1-21-8-7-19-15(21)14(11-3-2-4-13(17)9-11)20-16(22)12-5-6-18-10-12/h2-4,7-9,12,14,18H,5-6,10H2,1H3,(H,20,22). The molecule has 1 aliphatic heterocycles. The lowest BCUT2D eigenvalue weighted by atomic mass is 10.0. The van der Waals surface area contributed by atoms with Crippen LogP contribution in [0.15, 0.2) is 36.7 Å². The Hall–Kier alpha value is -2.21. The Morgan fingerprint density at radius 1 is 1.55 bits per heavy atom. The van der Waals surface area contributed by atoms with Crippen molar-refractivity contribution in [2.75, 3.05) is 13.1 Å². The number of benzene rings is 1. The molecule has 2 N–H and O–H groups in total. The molecule has 0 saturated carbocycles. The Bertz CT molecular complexity index is 664. The highest BCUT2D eigenvalue weighted by atomic mass is 19.1. The summed E-state index contributed by atoms with van der Waals surface area (Å²) in [6.45, 7) is 1.54. The number of amides is 1. The van der Waals surface area contributed by atoms with Crippen LogP contribution >= 0.6 is 0 Å². The SMILES string of the molecule is Cn1ccnc1C(NC(=O)C1CCNC1)c1cccc(F)c1. The minimum Gasteiger partial charge on any atom is -0.342 e. The van der Waals surface area contributed by atoms with Gasteiger partial charge in [-0.15, -0.1) is 0 Å².